The summed E-state index contributed by atoms with van der Waals surface area (Å²) in [7, 11) is 0. The van der Waals surface area contributed by atoms with Crippen molar-refractivity contribution in [2.75, 3.05) is 5.32 Å². The highest BCUT2D eigenvalue weighted by molar-refractivity contribution is 6.07. The molecule has 0 aromatic heterocycles. The quantitative estimate of drug-likeness (QED) is 0.338. The Bertz CT molecular complexity index is 490. The summed E-state index contributed by atoms with van der Waals surface area (Å²) in [5, 5.41) is 14.3. The standard InChI is InChI=1S/C14H21N3O2/c1-9(12(15)17-19)13(18)16-11-8-6-5-7-10(11)14(2,3)4/h5-9,19H,1-4H3,(H2,15,17)(H,16,18). The third-order valence-corrected chi connectivity index (χ3v) is 2.95. The van der Waals surface area contributed by atoms with Gasteiger partial charge in [-0.25, -0.2) is 0 Å². The van der Waals surface area contributed by atoms with E-state index in [-0.39, 0.29) is 17.2 Å². The average molecular weight is 263 g/mol. The first-order valence-corrected chi connectivity index (χ1v) is 6.15. The Balaban J connectivity index is 2.98. The van der Waals surface area contributed by atoms with Gasteiger partial charge >= 0.3 is 0 Å². The van der Waals surface area contributed by atoms with Gasteiger partial charge in [0.2, 0.25) is 5.91 Å². The maximum absolute atomic E-state index is 12.0. The number of para-hydroxylation sites is 1. The van der Waals surface area contributed by atoms with Crippen LogP contribution in [-0.4, -0.2) is 17.0 Å². The molecule has 1 rings (SSSR count). The molecule has 0 spiro atoms. The van der Waals surface area contributed by atoms with Crippen LogP contribution in [0.5, 0.6) is 0 Å². The maximum atomic E-state index is 12.0. The largest absolute Gasteiger partial charge is 0.409 e. The number of anilines is 1. The molecule has 0 bridgehead atoms. The molecular weight excluding hydrogens is 242 g/mol. The van der Waals surface area contributed by atoms with Gasteiger partial charge in [-0.05, 0) is 24.0 Å². The molecule has 5 nitrogen and oxygen atoms in total. The van der Waals surface area contributed by atoms with Crippen molar-refractivity contribution >= 4 is 17.4 Å². The van der Waals surface area contributed by atoms with Gasteiger partial charge in [-0.15, -0.1) is 0 Å². The molecule has 1 atom stereocenters. The second-order valence-corrected chi connectivity index (χ2v) is 5.53. The number of carbonyl (C=O) groups is 1. The van der Waals surface area contributed by atoms with Crippen LogP contribution >= 0.6 is 0 Å². The molecule has 0 aliphatic rings. The highest BCUT2D eigenvalue weighted by Gasteiger charge is 2.22. The fourth-order valence-corrected chi connectivity index (χ4v) is 1.71. The summed E-state index contributed by atoms with van der Waals surface area (Å²) in [6, 6.07) is 7.61. The number of amides is 1. The van der Waals surface area contributed by atoms with E-state index >= 15 is 0 Å². The number of oxime groups is 1. The Labute approximate surface area is 113 Å². The third kappa shape index (κ3) is 3.71. The summed E-state index contributed by atoms with van der Waals surface area (Å²) in [5.41, 5.74) is 7.14. The fraction of sp³-hybridized carbons (Fsp3) is 0.429. The van der Waals surface area contributed by atoms with Gasteiger partial charge < -0.3 is 16.3 Å². The number of benzene rings is 1. The highest BCUT2D eigenvalue weighted by atomic mass is 16.4. The van der Waals surface area contributed by atoms with E-state index in [9.17, 15) is 4.79 Å². The summed E-state index contributed by atoms with van der Waals surface area (Å²) in [6.45, 7) is 7.81. The summed E-state index contributed by atoms with van der Waals surface area (Å²) in [6.07, 6.45) is 0. The van der Waals surface area contributed by atoms with Crippen molar-refractivity contribution in [3.05, 3.63) is 29.8 Å². The van der Waals surface area contributed by atoms with Crippen molar-refractivity contribution in [1.82, 2.24) is 0 Å². The van der Waals surface area contributed by atoms with Crippen LogP contribution in [0.25, 0.3) is 0 Å². The van der Waals surface area contributed by atoms with Gasteiger partial charge in [0.25, 0.3) is 0 Å². The molecule has 1 unspecified atom stereocenters. The van der Waals surface area contributed by atoms with E-state index in [0.717, 1.165) is 11.3 Å². The van der Waals surface area contributed by atoms with Crippen molar-refractivity contribution in [2.45, 2.75) is 33.1 Å². The zero-order valence-corrected chi connectivity index (χ0v) is 11.8. The van der Waals surface area contributed by atoms with Crippen molar-refractivity contribution in [2.24, 2.45) is 16.8 Å². The van der Waals surface area contributed by atoms with Crippen molar-refractivity contribution in [3.63, 3.8) is 0 Å². The summed E-state index contributed by atoms with van der Waals surface area (Å²) >= 11 is 0. The molecule has 104 valence electrons. The van der Waals surface area contributed by atoms with Gasteiger partial charge in [0.15, 0.2) is 5.84 Å². The molecule has 0 heterocycles. The smallest absolute Gasteiger partial charge is 0.234 e. The van der Waals surface area contributed by atoms with Crippen LogP contribution in [0, 0.1) is 5.92 Å². The van der Waals surface area contributed by atoms with E-state index in [0.29, 0.717) is 0 Å². The average Bonchev–Trinajstić information content (AvgIpc) is 2.36. The first-order chi connectivity index (χ1) is 8.77. The van der Waals surface area contributed by atoms with Crippen LogP contribution in [0.1, 0.15) is 33.3 Å². The third-order valence-electron chi connectivity index (χ3n) is 2.95. The Morgan fingerprint density at radius 2 is 1.95 bits per heavy atom. The molecule has 5 heteroatoms. The Morgan fingerprint density at radius 1 is 1.37 bits per heavy atom. The second kappa shape index (κ2) is 5.73. The lowest BCUT2D eigenvalue weighted by atomic mass is 9.85. The van der Waals surface area contributed by atoms with Crippen LogP contribution in [0.2, 0.25) is 0 Å². The van der Waals surface area contributed by atoms with Crippen LogP contribution in [0.4, 0.5) is 5.69 Å². The Morgan fingerprint density at radius 3 is 2.47 bits per heavy atom. The van der Waals surface area contributed by atoms with Crippen molar-refractivity contribution in [3.8, 4) is 0 Å². The molecule has 1 aromatic rings. The first kappa shape index (κ1) is 15.0. The molecule has 0 fully saturated rings. The lowest BCUT2D eigenvalue weighted by Crippen LogP contribution is -2.33. The SMILES string of the molecule is CC(C(=O)Nc1ccccc1C(C)(C)C)C(N)=NO. The lowest BCUT2D eigenvalue weighted by Gasteiger charge is -2.23. The zero-order valence-electron chi connectivity index (χ0n) is 11.8. The molecule has 1 aromatic carbocycles. The molecule has 4 N–H and O–H groups in total. The second-order valence-electron chi connectivity index (χ2n) is 5.53. The van der Waals surface area contributed by atoms with Crippen molar-refractivity contribution in [1.29, 1.82) is 0 Å². The number of nitrogens with two attached hydrogens (primary N) is 1. The van der Waals surface area contributed by atoms with E-state index in [1.807, 2.05) is 24.3 Å². The number of rotatable bonds is 3. The molecule has 0 saturated carbocycles. The van der Waals surface area contributed by atoms with Gasteiger partial charge in [0.05, 0.1) is 5.92 Å². The van der Waals surface area contributed by atoms with E-state index in [1.165, 1.54) is 0 Å². The minimum atomic E-state index is -0.682. The van der Waals surface area contributed by atoms with E-state index in [4.69, 9.17) is 10.9 Å². The van der Waals surface area contributed by atoms with Crippen molar-refractivity contribution < 1.29 is 10.0 Å². The summed E-state index contributed by atoms with van der Waals surface area (Å²) < 4.78 is 0. The van der Waals surface area contributed by atoms with E-state index < -0.39 is 5.92 Å². The van der Waals surface area contributed by atoms with E-state index in [2.05, 4.69) is 31.2 Å². The fourth-order valence-electron chi connectivity index (χ4n) is 1.71. The monoisotopic (exact) mass is 263 g/mol. The van der Waals surface area contributed by atoms with Crippen LogP contribution in [-0.2, 0) is 10.2 Å². The first-order valence-electron chi connectivity index (χ1n) is 6.15. The normalized spacial score (nSPS) is 14.0. The Kier molecular flexibility index (Phi) is 4.53. The number of nitrogens with one attached hydrogen (secondary N) is 1. The molecule has 0 aliphatic heterocycles. The zero-order chi connectivity index (χ0) is 14.6. The van der Waals surface area contributed by atoms with Gasteiger partial charge in [0, 0.05) is 5.69 Å². The molecular formula is C14H21N3O2. The summed E-state index contributed by atoms with van der Waals surface area (Å²) in [4.78, 5) is 12.0. The lowest BCUT2D eigenvalue weighted by molar-refractivity contribution is -0.117. The van der Waals surface area contributed by atoms with Gasteiger partial charge in [-0.1, -0.05) is 44.1 Å². The van der Waals surface area contributed by atoms with Crippen LogP contribution in [0.3, 0.4) is 0 Å². The molecule has 19 heavy (non-hydrogen) atoms. The van der Waals surface area contributed by atoms with Gasteiger partial charge in [-0.3, -0.25) is 4.79 Å². The minimum absolute atomic E-state index is 0.0796. The topological polar surface area (TPSA) is 87.7 Å². The molecule has 0 saturated heterocycles. The highest BCUT2D eigenvalue weighted by Crippen LogP contribution is 2.29. The number of hydrogen-bond acceptors (Lipinski definition) is 3. The predicted molar refractivity (Wildman–Crippen MR) is 76.3 cm³/mol. The number of carbonyl (C=O) groups excluding carboxylic acids is 1. The Hall–Kier alpha value is -2.04. The van der Waals surface area contributed by atoms with Gasteiger partial charge in [-0.2, -0.15) is 0 Å². The van der Waals surface area contributed by atoms with Gasteiger partial charge in [0.1, 0.15) is 0 Å². The minimum Gasteiger partial charge on any atom is -0.409 e. The maximum Gasteiger partial charge on any atom is 0.234 e. The number of nitrogens with zero attached hydrogens (tertiary/aromatic N) is 1. The number of hydrogen-bond donors (Lipinski definition) is 3. The van der Waals surface area contributed by atoms with Crippen LogP contribution in [0.15, 0.2) is 29.4 Å². The molecule has 0 radical (unpaired) electrons. The molecule has 1 amide bonds. The predicted octanol–water partition coefficient (Wildman–Crippen LogP) is 2.31. The molecule has 0 aliphatic carbocycles. The summed E-state index contributed by atoms with van der Waals surface area (Å²) in [5.74, 6) is -1.09. The van der Waals surface area contributed by atoms with Crippen LogP contribution < -0.4 is 11.1 Å². The van der Waals surface area contributed by atoms with E-state index in [1.54, 1.807) is 6.92 Å². The number of amidine groups is 1.